The van der Waals surface area contributed by atoms with Crippen LogP contribution >= 0.6 is 0 Å². The van der Waals surface area contributed by atoms with Gasteiger partial charge in [-0.05, 0) is 48.3 Å². The van der Waals surface area contributed by atoms with E-state index in [1.54, 1.807) is 11.1 Å². The molecule has 0 heterocycles. The monoisotopic (exact) mass is 201 g/mol. The summed E-state index contributed by atoms with van der Waals surface area (Å²) in [5.74, 6) is 0.757. The normalized spacial score (nSPS) is 33.5. The number of benzene rings is 1. The maximum Gasteiger partial charge on any atom is -0.00115 e. The first-order valence-corrected chi connectivity index (χ1v) is 6.14. The van der Waals surface area contributed by atoms with Gasteiger partial charge in [0.1, 0.15) is 0 Å². The molecule has 1 nitrogen and oxygen atoms in total. The van der Waals surface area contributed by atoms with Gasteiger partial charge < -0.3 is 5.73 Å². The summed E-state index contributed by atoms with van der Waals surface area (Å²) >= 11 is 0. The van der Waals surface area contributed by atoms with Crippen LogP contribution in [0.5, 0.6) is 0 Å². The number of hydrogen-bond acceptors (Lipinski definition) is 1. The zero-order chi connectivity index (χ0) is 10.3. The summed E-state index contributed by atoms with van der Waals surface area (Å²) in [6.07, 6.45) is 6.68. The minimum atomic E-state index is 0.419. The van der Waals surface area contributed by atoms with Gasteiger partial charge >= 0.3 is 0 Å². The highest BCUT2D eigenvalue weighted by molar-refractivity contribution is 5.39. The molecule has 1 saturated carbocycles. The van der Waals surface area contributed by atoms with Crippen molar-refractivity contribution in [3.63, 3.8) is 0 Å². The van der Waals surface area contributed by atoms with Crippen molar-refractivity contribution in [1.82, 2.24) is 0 Å². The van der Waals surface area contributed by atoms with E-state index in [4.69, 9.17) is 5.73 Å². The van der Waals surface area contributed by atoms with Crippen molar-refractivity contribution < 1.29 is 0 Å². The van der Waals surface area contributed by atoms with E-state index in [1.165, 1.54) is 32.1 Å². The Morgan fingerprint density at radius 2 is 2.13 bits per heavy atom. The fourth-order valence-corrected chi connectivity index (χ4v) is 3.73. The van der Waals surface area contributed by atoms with Crippen LogP contribution in [0, 0.1) is 5.41 Å². The third-order valence-electron chi connectivity index (χ3n) is 4.54. The van der Waals surface area contributed by atoms with E-state index in [-0.39, 0.29) is 0 Å². The maximum atomic E-state index is 6.06. The van der Waals surface area contributed by atoms with E-state index in [0.29, 0.717) is 5.41 Å². The first kappa shape index (κ1) is 9.41. The van der Waals surface area contributed by atoms with Crippen molar-refractivity contribution >= 4 is 0 Å². The Bertz CT molecular complexity index is 371. The molecule has 1 aromatic rings. The van der Waals surface area contributed by atoms with E-state index in [2.05, 4.69) is 24.3 Å². The lowest BCUT2D eigenvalue weighted by molar-refractivity contribution is 0.178. The Balaban J connectivity index is 2.06. The molecule has 2 N–H and O–H groups in total. The number of fused-ring (bicyclic) bond motifs is 3. The van der Waals surface area contributed by atoms with Crippen LogP contribution in [0.3, 0.4) is 0 Å². The minimum Gasteiger partial charge on any atom is -0.330 e. The standard InChI is InChI=1S/C14H19N/c15-10-14-8-4-3-7-13(14)12-6-2-1-5-11(12)9-14/h1-2,5-6,13H,3-4,7-10,15H2/t13-,14+/m0/s1. The van der Waals surface area contributed by atoms with Gasteiger partial charge in [0.15, 0.2) is 0 Å². The van der Waals surface area contributed by atoms with Crippen LogP contribution in [-0.2, 0) is 6.42 Å². The topological polar surface area (TPSA) is 26.0 Å². The maximum absolute atomic E-state index is 6.06. The average molecular weight is 201 g/mol. The summed E-state index contributed by atoms with van der Waals surface area (Å²) in [5, 5.41) is 0. The fraction of sp³-hybridized carbons (Fsp3) is 0.571. The van der Waals surface area contributed by atoms with Crippen molar-refractivity contribution in [3.8, 4) is 0 Å². The summed E-state index contributed by atoms with van der Waals surface area (Å²) in [5.41, 5.74) is 9.64. The molecular formula is C14H19N. The third kappa shape index (κ3) is 1.26. The van der Waals surface area contributed by atoms with Gasteiger partial charge in [0.25, 0.3) is 0 Å². The van der Waals surface area contributed by atoms with Gasteiger partial charge in [-0.25, -0.2) is 0 Å². The smallest absolute Gasteiger partial charge is 0.00115 e. The van der Waals surface area contributed by atoms with Crippen molar-refractivity contribution in [2.75, 3.05) is 6.54 Å². The van der Waals surface area contributed by atoms with E-state index in [9.17, 15) is 0 Å². The molecule has 3 rings (SSSR count). The van der Waals surface area contributed by atoms with E-state index in [1.807, 2.05) is 0 Å². The first-order valence-electron chi connectivity index (χ1n) is 6.14. The second-order valence-corrected chi connectivity index (χ2v) is 5.24. The molecule has 0 amide bonds. The SMILES string of the molecule is NC[C@]12CCCC[C@H]1c1ccccc1C2. The lowest BCUT2D eigenvalue weighted by Crippen LogP contribution is -2.36. The molecule has 2 aliphatic rings. The lowest BCUT2D eigenvalue weighted by Gasteiger charge is -2.39. The van der Waals surface area contributed by atoms with Crippen LogP contribution in [0.4, 0.5) is 0 Å². The Morgan fingerprint density at radius 3 is 3.00 bits per heavy atom. The average Bonchev–Trinajstić information content (AvgIpc) is 2.64. The molecule has 0 saturated heterocycles. The summed E-state index contributed by atoms with van der Waals surface area (Å²) in [6, 6.07) is 8.97. The molecule has 0 aromatic heterocycles. The van der Waals surface area contributed by atoms with Gasteiger partial charge in [-0.2, -0.15) is 0 Å². The third-order valence-corrected chi connectivity index (χ3v) is 4.54. The van der Waals surface area contributed by atoms with Gasteiger partial charge in [0.05, 0.1) is 0 Å². The van der Waals surface area contributed by atoms with Gasteiger partial charge in [0.2, 0.25) is 0 Å². The molecule has 0 spiro atoms. The second kappa shape index (κ2) is 3.34. The predicted octanol–water partition coefficient (Wildman–Crippen LogP) is 2.85. The van der Waals surface area contributed by atoms with Crippen molar-refractivity contribution in [2.24, 2.45) is 11.1 Å². The predicted molar refractivity (Wildman–Crippen MR) is 62.8 cm³/mol. The molecule has 80 valence electrons. The lowest BCUT2D eigenvalue weighted by atomic mass is 9.67. The molecule has 1 heteroatoms. The zero-order valence-corrected chi connectivity index (χ0v) is 9.21. The Kier molecular flexibility index (Phi) is 2.10. The molecule has 0 aliphatic heterocycles. The van der Waals surface area contributed by atoms with Crippen LogP contribution in [0.25, 0.3) is 0 Å². The van der Waals surface area contributed by atoms with Gasteiger partial charge in [-0.15, -0.1) is 0 Å². The fourth-order valence-electron chi connectivity index (χ4n) is 3.73. The van der Waals surface area contributed by atoms with Crippen molar-refractivity contribution in [2.45, 2.75) is 38.0 Å². The van der Waals surface area contributed by atoms with E-state index >= 15 is 0 Å². The number of hydrogen-bond donors (Lipinski definition) is 1. The molecule has 1 fully saturated rings. The highest BCUT2D eigenvalue weighted by atomic mass is 14.6. The number of rotatable bonds is 1. The molecule has 2 atom stereocenters. The molecule has 0 bridgehead atoms. The van der Waals surface area contributed by atoms with Crippen LogP contribution in [0.1, 0.15) is 42.7 Å². The van der Waals surface area contributed by atoms with Crippen LogP contribution in [0.2, 0.25) is 0 Å². The second-order valence-electron chi connectivity index (χ2n) is 5.24. The van der Waals surface area contributed by atoms with Gasteiger partial charge in [-0.3, -0.25) is 0 Å². The van der Waals surface area contributed by atoms with Gasteiger partial charge in [-0.1, -0.05) is 37.1 Å². The molecule has 15 heavy (non-hydrogen) atoms. The summed E-state index contributed by atoms with van der Waals surface area (Å²) in [6.45, 7) is 0.867. The van der Waals surface area contributed by atoms with Crippen LogP contribution < -0.4 is 5.73 Å². The quantitative estimate of drug-likeness (QED) is 0.743. The minimum absolute atomic E-state index is 0.419. The number of nitrogens with two attached hydrogens (primary N) is 1. The van der Waals surface area contributed by atoms with Crippen LogP contribution in [-0.4, -0.2) is 6.54 Å². The Morgan fingerprint density at radius 1 is 1.27 bits per heavy atom. The summed E-state index contributed by atoms with van der Waals surface area (Å²) in [7, 11) is 0. The highest BCUT2D eigenvalue weighted by Gasteiger charge is 2.45. The Hall–Kier alpha value is -0.820. The summed E-state index contributed by atoms with van der Waals surface area (Å²) < 4.78 is 0. The summed E-state index contributed by atoms with van der Waals surface area (Å²) in [4.78, 5) is 0. The first-order chi connectivity index (χ1) is 7.36. The van der Waals surface area contributed by atoms with Crippen molar-refractivity contribution in [3.05, 3.63) is 35.4 Å². The Labute approximate surface area is 91.7 Å². The van der Waals surface area contributed by atoms with E-state index < -0.39 is 0 Å². The van der Waals surface area contributed by atoms with Gasteiger partial charge in [0, 0.05) is 0 Å². The van der Waals surface area contributed by atoms with Crippen LogP contribution in [0.15, 0.2) is 24.3 Å². The molecule has 0 radical (unpaired) electrons. The highest BCUT2D eigenvalue weighted by Crippen LogP contribution is 2.54. The largest absolute Gasteiger partial charge is 0.330 e. The molecule has 2 aliphatic carbocycles. The zero-order valence-electron chi connectivity index (χ0n) is 9.21. The molecule has 1 aromatic carbocycles. The van der Waals surface area contributed by atoms with E-state index in [0.717, 1.165) is 12.5 Å². The molecule has 0 unspecified atom stereocenters. The molecular weight excluding hydrogens is 182 g/mol. The van der Waals surface area contributed by atoms with Crippen molar-refractivity contribution in [1.29, 1.82) is 0 Å².